The molecule has 6 N–H and O–H groups in total. The largest absolute Gasteiger partial charge is 0.394 e. The van der Waals surface area contributed by atoms with E-state index >= 15 is 0 Å². The summed E-state index contributed by atoms with van der Waals surface area (Å²) in [4.78, 5) is 13.1. The highest BCUT2D eigenvalue weighted by Gasteiger charge is 2.44. The molecule has 1 aliphatic heterocycles. The van der Waals surface area contributed by atoms with Gasteiger partial charge in [-0.2, -0.15) is 0 Å². The molecule has 81 heavy (non-hydrogen) atoms. The van der Waals surface area contributed by atoms with Crippen molar-refractivity contribution in [3.05, 3.63) is 36.5 Å². The van der Waals surface area contributed by atoms with Crippen LogP contribution < -0.4 is 5.32 Å². The maximum Gasteiger partial charge on any atom is 0.220 e. The fourth-order valence-corrected chi connectivity index (χ4v) is 11.6. The lowest BCUT2D eigenvalue weighted by molar-refractivity contribution is -0.302. The van der Waals surface area contributed by atoms with Crippen LogP contribution in [0.5, 0.6) is 0 Å². The summed E-state index contributed by atoms with van der Waals surface area (Å²) in [6.07, 6.45) is 75.0. The SMILES string of the molecule is CCCCCCC/C=C\C/C=C\C/C=C\CCCCCCCCCCCCCCCCCCCCCCCCC(=O)NC(COC1OC(CO)C(O)C(O)C1O)C(O)CCCCCCCCCCCCCCCCCCCCCCC. The van der Waals surface area contributed by atoms with Gasteiger partial charge in [-0.25, -0.2) is 0 Å². The smallest absolute Gasteiger partial charge is 0.220 e. The Labute approximate surface area is 501 Å². The molecule has 478 valence electrons. The Morgan fingerprint density at radius 1 is 0.420 bits per heavy atom. The Kier molecular flexibility index (Phi) is 58.8. The van der Waals surface area contributed by atoms with Gasteiger partial charge in [0.05, 0.1) is 25.4 Å². The molecule has 1 heterocycles. The fraction of sp³-hybridized carbons (Fsp3) is 0.903. The number of ether oxygens (including phenoxy) is 2. The predicted molar refractivity (Wildman–Crippen MR) is 346 cm³/mol. The third-order valence-corrected chi connectivity index (χ3v) is 17.2. The van der Waals surface area contributed by atoms with Crippen LogP contribution in [0.25, 0.3) is 0 Å². The highest BCUT2D eigenvalue weighted by atomic mass is 16.7. The second kappa shape index (κ2) is 61.5. The summed E-state index contributed by atoms with van der Waals surface area (Å²) in [5.41, 5.74) is 0. The van der Waals surface area contributed by atoms with Crippen molar-refractivity contribution in [1.29, 1.82) is 0 Å². The van der Waals surface area contributed by atoms with Crippen LogP contribution in [0.15, 0.2) is 36.5 Å². The molecule has 0 aromatic heterocycles. The first kappa shape index (κ1) is 77.4. The van der Waals surface area contributed by atoms with E-state index in [1.165, 1.54) is 283 Å². The van der Waals surface area contributed by atoms with Crippen LogP contribution in [0.1, 0.15) is 361 Å². The third-order valence-electron chi connectivity index (χ3n) is 17.2. The number of unbranched alkanes of at least 4 members (excludes halogenated alkanes) is 47. The molecule has 9 nitrogen and oxygen atoms in total. The van der Waals surface area contributed by atoms with Gasteiger partial charge in [0.25, 0.3) is 0 Å². The highest BCUT2D eigenvalue weighted by molar-refractivity contribution is 5.76. The van der Waals surface area contributed by atoms with E-state index in [0.717, 1.165) is 51.4 Å². The minimum absolute atomic E-state index is 0.133. The molecule has 0 aliphatic carbocycles. The second-order valence-corrected chi connectivity index (χ2v) is 25.0. The van der Waals surface area contributed by atoms with Crippen molar-refractivity contribution in [2.75, 3.05) is 13.2 Å². The Hall–Kier alpha value is -1.59. The van der Waals surface area contributed by atoms with Crippen LogP contribution in [-0.4, -0.2) is 87.5 Å². The minimum atomic E-state index is -1.55. The molecule has 0 radical (unpaired) electrons. The van der Waals surface area contributed by atoms with Crippen molar-refractivity contribution >= 4 is 5.91 Å². The highest BCUT2D eigenvalue weighted by Crippen LogP contribution is 2.24. The topological polar surface area (TPSA) is 149 Å². The van der Waals surface area contributed by atoms with E-state index in [0.29, 0.717) is 12.8 Å². The Morgan fingerprint density at radius 3 is 1.07 bits per heavy atom. The number of rotatable bonds is 63. The van der Waals surface area contributed by atoms with Crippen molar-refractivity contribution in [3.8, 4) is 0 Å². The van der Waals surface area contributed by atoms with Crippen molar-refractivity contribution in [2.45, 2.75) is 403 Å². The zero-order valence-electron chi connectivity index (χ0n) is 53.6. The molecule has 0 aromatic rings. The van der Waals surface area contributed by atoms with Gasteiger partial charge in [-0.3, -0.25) is 4.79 Å². The number of allylic oxidation sites excluding steroid dienone is 6. The lowest BCUT2D eigenvalue weighted by atomic mass is 9.99. The minimum Gasteiger partial charge on any atom is -0.394 e. The van der Waals surface area contributed by atoms with Crippen molar-refractivity contribution in [1.82, 2.24) is 5.32 Å². The summed E-state index contributed by atoms with van der Waals surface area (Å²) in [5.74, 6) is -0.136. The van der Waals surface area contributed by atoms with Gasteiger partial charge in [0.1, 0.15) is 24.4 Å². The van der Waals surface area contributed by atoms with E-state index in [4.69, 9.17) is 9.47 Å². The molecule has 1 fully saturated rings. The number of amides is 1. The lowest BCUT2D eigenvalue weighted by Gasteiger charge is -2.40. The van der Waals surface area contributed by atoms with Crippen LogP contribution in [0.2, 0.25) is 0 Å². The number of nitrogens with one attached hydrogen (secondary N) is 1. The molecule has 1 aliphatic rings. The van der Waals surface area contributed by atoms with E-state index in [1.54, 1.807) is 0 Å². The van der Waals surface area contributed by atoms with Crippen molar-refractivity contribution in [2.24, 2.45) is 0 Å². The maximum atomic E-state index is 13.1. The normalized spacial score (nSPS) is 18.5. The fourth-order valence-electron chi connectivity index (χ4n) is 11.6. The zero-order valence-corrected chi connectivity index (χ0v) is 53.6. The molecule has 7 unspecified atom stereocenters. The van der Waals surface area contributed by atoms with Crippen molar-refractivity contribution in [3.63, 3.8) is 0 Å². The van der Waals surface area contributed by atoms with Crippen LogP contribution in [-0.2, 0) is 14.3 Å². The number of aliphatic hydroxyl groups is 5. The molecule has 0 aromatic carbocycles. The van der Waals surface area contributed by atoms with Gasteiger partial charge in [-0.15, -0.1) is 0 Å². The quantitative estimate of drug-likeness (QED) is 0.0261. The molecule has 9 heteroatoms. The standard InChI is InChI=1S/C72H137NO8/c1-3-5-7-9-11-13-15-17-19-21-23-25-26-27-28-29-30-31-32-33-34-35-36-37-38-39-40-42-44-46-48-50-52-54-56-58-60-62-68(76)73-65(64-80-72-71(79)70(78)69(77)67(63-74)81-72)66(75)61-59-57-55-53-51-49-47-45-43-41-24-22-20-18-16-14-12-10-8-6-4-2/h15,17,21,23,26-27,65-67,69-72,74-75,77-79H,3-14,16,18-20,22,24-25,28-64H2,1-2H3,(H,73,76)/b17-15-,23-21-,27-26-. The summed E-state index contributed by atoms with van der Waals surface area (Å²) in [7, 11) is 0. The van der Waals surface area contributed by atoms with Gasteiger partial charge in [-0.05, 0) is 51.4 Å². The number of aliphatic hydroxyl groups excluding tert-OH is 5. The van der Waals surface area contributed by atoms with Gasteiger partial charge >= 0.3 is 0 Å². The van der Waals surface area contributed by atoms with Crippen molar-refractivity contribution < 1.29 is 39.8 Å². The molecule has 0 spiro atoms. The molecular formula is C72H137NO8. The van der Waals surface area contributed by atoms with Crippen LogP contribution >= 0.6 is 0 Å². The molecule has 1 saturated heterocycles. The van der Waals surface area contributed by atoms with E-state index in [-0.39, 0.29) is 12.5 Å². The first-order chi connectivity index (χ1) is 39.8. The number of hydrogen-bond acceptors (Lipinski definition) is 8. The Morgan fingerprint density at radius 2 is 0.728 bits per heavy atom. The molecular weight excluding hydrogens is 1010 g/mol. The first-order valence-corrected chi connectivity index (χ1v) is 35.7. The van der Waals surface area contributed by atoms with E-state index in [1.807, 2.05) is 0 Å². The van der Waals surface area contributed by atoms with Crippen LogP contribution in [0.3, 0.4) is 0 Å². The zero-order chi connectivity index (χ0) is 58.6. The number of hydrogen-bond donors (Lipinski definition) is 6. The van der Waals surface area contributed by atoms with Gasteiger partial charge in [0, 0.05) is 6.42 Å². The summed E-state index contributed by atoms with van der Waals surface area (Å²) < 4.78 is 11.4. The third kappa shape index (κ3) is 50.3. The second-order valence-electron chi connectivity index (χ2n) is 25.0. The van der Waals surface area contributed by atoms with Crippen LogP contribution in [0, 0.1) is 0 Å². The van der Waals surface area contributed by atoms with E-state index in [9.17, 15) is 30.3 Å². The Bertz CT molecular complexity index is 1370. The van der Waals surface area contributed by atoms with Gasteiger partial charge in [-0.1, -0.05) is 339 Å². The molecule has 1 rings (SSSR count). The van der Waals surface area contributed by atoms with E-state index < -0.39 is 49.5 Å². The molecule has 7 atom stereocenters. The maximum absolute atomic E-state index is 13.1. The first-order valence-electron chi connectivity index (χ1n) is 35.7. The van der Waals surface area contributed by atoms with Crippen LogP contribution in [0.4, 0.5) is 0 Å². The number of carbonyl (C=O) groups is 1. The van der Waals surface area contributed by atoms with Gasteiger partial charge in [0.15, 0.2) is 6.29 Å². The van der Waals surface area contributed by atoms with Gasteiger partial charge in [0.2, 0.25) is 5.91 Å². The van der Waals surface area contributed by atoms with Gasteiger partial charge < -0.3 is 40.3 Å². The average molecular weight is 1140 g/mol. The summed E-state index contributed by atoms with van der Waals surface area (Å²) in [6.45, 7) is 3.88. The predicted octanol–water partition coefficient (Wildman–Crippen LogP) is 19.4. The summed E-state index contributed by atoms with van der Waals surface area (Å²) in [6, 6.07) is -0.718. The molecule has 0 bridgehead atoms. The summed E-state index contributed by atoms with van der Waals surface area (Å²) in [5, 5.41) is 54.9. The summed E-state index contributed by atoms with van der Waals surface area (Å²) >= 11 is 0. The lowest BCUT2D eigenvalue weighted by Crippen LogP contribution is -2.60. The molecule has 0 saturated carbocycles. The Balaban J connectivity index is 2.06. The average Bonchev–Trinajstić information content (AvgIpc) is 3.49. The van der Waals surface area contributed by atoms with E-state index in [2.05, 4.69) is 55.6 Å². The number of carbonyl (C=O) groups excluding carboxylic acids is 1. The molecule has 1 amide bonds. The monoisotopic (exact) mass is 1140 g/mol.